The van der Waals surface area contributed by atoms with Gasteiger partial charge >= 0.3 is 0 Å². The van der Waals surface area contributed by atoms with Gasteiger partial charge in [0.15, 0.2) is 74.1 Å². The molecular weight excluding hydrogens is 1880 g/mol. The van der Waals surface area contributed by atoms with Crippen LogP contribution in [0.25, 0.3) is 0 Å². The molecule has 0 atom stereocenters. The Kier molecular flexibility index (Phi) is 30.0. The van der Waals surface area contributed by atoms with Gasteiger partial charge in [0, 0.05) is 18.5 Å². The quantitative estimate of drug-likeness (QED) is 0.0439. The molecule has 12 aromatic rings. The molecule has 0 fully saturated rings. The van der Waals surface area contributed by atoms with Crippen LogP contribution in [0.4, 0.5) is 23.0 Å². The Labute approximate surface area is 770 Å². The lowest BCUT2D eigenvalue weighted by molar-refractivity contribution is -0.117. The number of amides is 4. The molecule has 4 aliphatic rings. The summed E-state index contributed by atoms with van der Waals surface area (Å²) in [7, 11) is -15.0. The zero-order valence-corrected chi connectivity index (χ0v) is 77.4. The summed E-state index contributed by atoms with van der Waals surface area (Å²) in [5.41, 5.74) is 13.3. The molecule has 0 saturated heterocycles. The summed E-state index contributed by atoms with van der Waals surface area (Å²) in [5, 5.41) is 30.6. The van der Waals surface area contributed by atoms with Gasteiger partial charge in [-0.15, -0.1) is 50.4 Å². The number of hydrogen-bond acceptors (Lipinski definition) is 29. The predicted molar refractivity (Wildman–Crippen MR) is 494 cm³/mol. The Morgan fingerprint density at radius 1 is 0.320 bits per heavy atom. The standard InChI is InChI=1S/C23H19ClN2O4S2.C22H18ClN3O4S2.2C21H17ClN4O4S2/c1-15-2-6-17(7-3-15)20-13-22(28)26(25-20)18-8-4-16(5-9-18)12-19(27)14-32(29,30)23-11-10-21(24)31-23;1-14-3-2-4-15(9-14)19-11-21(28)26(25-19)17-6-5-16(24-12-17)10-18(27)13-32(29,30)22-8-7-20(23)31-22;1-13-3-2-4-14(9-13)17-11-20(28)26(25-17)19-7-5-15(23-24-19)10-16(27)12-32(29,30)21-8-6-18(22)31-21;1-13-3-2-4-14(7-13)17-9-20(28)26(25-17)19-11-23-15(10-24-19)8-16(27)12-32(29,30)21-6-5-18(22)31-21/h2-11H,12-14H2,1H3;2-9,12H,10-11,13H2,1H3;2-9H,10-12H2,1H3;2-7,10-11H,8-9,12H2,1H3. The zero-order chi connectivity index (χ0) is 91.5. The van der Waals surface area contributed by atoms with E-state index in [1.807, 2.05) is 125 Å². The smallest absolute Gasteiger partial charge is 0.255 e. The zero-order valence-electron chi connectivity index (χ0n) is 67.8. The van der Waals surface area contributed by atoms with Crippen LogP contribution >= 0.6 is 91.8 Å². The fourth-order valence-electron chi connectivity index (χ4n) is 12.9. The average Bonchev–Trinajstić information content (AvgIpc) is 1.68. The van der Waals surface area contributed by atoms with Gasteiger partial charge < -0.3 is 0 Å². The third kappa shape index (κ3) is 24.6. The number of halogens is 4. The van der Waals surface area contributed by atoms with E-state index in [0.29, 0.717) is 74.2 Å². The summed E-state index contributed by atoms with van der Waals surface area (Å²) in [4.78, 5) is 111. The maximum Gasteiger partial charge on any atom is 0.255 e. The molecule has 41 heteroatoms. The number of sulfone groups is 4. The van der Waals surface area contributed by atoms with E-state index in [-0.39, 0.29) is 103 Å². The van der Waals surface area contributed by atoms with Crippen LogP contribution in [0, 0.1) is 27.7 Å². The van der Waals surface area contributed by atoms with Gasteiger partial charge in [-0.25, -0.2) is 43.7 Å². The first-order valence-electron chi connectivity index (χ1n) is 38.4. The van der Waals surface area contributed by atoms with Gasteiger partial charge in [-0.05, 0) is 140 Å². The molecule has 0 unspecified atom stereocenters. The van der Waals surface area contributed by atoms with E-state index in [9.17, 15) is 72.0 Å². The molecule has 4 amide bonds. The maximum atomic E-state index is 12.5. The molecule has 5 aromatic carbocycles. The summed E-state index contributed by atoms with van der Waals surface area (Å²) < 4.78 is 100. The Bertz CT molecular complexity index is 6480. The highest BCUT2D eigenvalue weighted by Gasteiger charge is 2.34. The van der Waals surface area contributed by atoms with Crippen LogP contribution < -0.4 is 20.0 Å². The Balaban J connectivity index is 0.000000146. The number of rotatable bonds is 28. The monoisotopic (exact) mass is 1950 g/mol. The first-order valence-corrected chi connectivity index (χ1v) is 49.8. The molecule has 7 aromatic heterocycles. The third-order valence-corrected chi connectivity index (χ3v) is 32.9. The number of Topliss-reactive ketones (excluding diaryl/α,β-unsaturated/α-hetero) is 4. The summed E-state index contributed by atoms with van der Waals surface area (Å²) >= 11 is 26.8. The lowest BCUT2D eigenvalue weighted by Gasteiger charge is -2.12. The molecule has 656 valence electrons. The van der Waals surface area contributed by atoms with Crippen LogP contribution in [-0.2, 0) is 103 Å². The Morgan fingerprint density at radius 2 is 0.672 bits per heavy atom. The second-order valence-corrected chi connectivity index (χ2v) is 45.0. The lowest BCUT2D eigenvalue weighted by Crippen LogP contribution is -2.22. The Hall–Kier alpha value is -11.6. The van der Waals surface area contributed by atoms with Crippen molar-refractivity contribution in [1.29, 1.82) is 0 Å². The van der Waals surface area contributed by atoms with Gasteiger partial charge in [0.2, 0.25) is 0 Å². The van der Waals surface area contributed by atoms with Crippen LogP contribution in [0.1, 0.15) is 92.8 Å². The van der Waals surface area contributed by atoms with Gasteiger partial charge in [-0.3, -0.25) is 48.3 Å². The fourth-order valence-corrected chi connectivity index (χ4v) is 24.1. The number of benzene rings is 5. The molecule has 0 spiro atoms. The molecular formula is C87H71Cl4N13O16S8. The second kappa shape index (κ2) is 40.8. The van der Waals surface area contributed by atoms with E-state index in [4.69, 9.17) is 46.4 Å². The van der Waals surface area contributed by atoms with Crippen molar-refractivity contribution in [2.24, 2.45) is 20.4 Å². The van der Waals surface area contributed by atoms with Crippen molar-refractivity contribution in [2.75, 3.05) is 43.0 Å². The molecule has 128 heavy (non-hydrogen) atoms. The number of aryl methyl sites for hydroxylation is 4. The molecule has 0 radical (unpaired) electrons. The topological polar surface area (TPSA) is 400 Å². The number of aromatic nitrogens is 5. The Morgan fingerprint density at radius 3 is 1.04 bits per heavy atom. The van der Waals surface area contributed by atoms with Crippen molar-refractivity contribution in [1.82, 2.24) is 25.1 Å². The number of hydrogen-bond donors (Lipinski definition) is 0. The molecule has 16 rings (SSSR count). The van der Waals surface area contributed by atoms with E-state index in [0.717, 1.165) is 89.9 Å². The highest BCUT2D eigenvalue weighted by Crippen LogP contribution is 2.34. The van der Waals surface area contributed by atoms with Crippen LogP contribution in [0.2, 0.25) is 17.3 Å². The van der Waals surface area contributed by atoms with E-state index < -0.39 is 85.5 Å². The molecule has 0 saturated carbocycles. The second-order valence-electron chi connectivity index (χ2n) is 29.2. The molecule has 0 aliphatic carbocycles. The minimum Gasteiger partial charge on any atom is -0.298 e. The van der Waals surface area contributed by atoms with Gasteiger partial charge in [-0.2, -0.15) is 40.5 Å². The summed E-state index contributed by atoms with van der Waals surface area (Å²) in [6.45, 7) is 7.90. The molecule has 29 nitrogen and oxygen atoms in total. The van der Waals surface area contributed by atoms with E-state index >= 15 is 0 Å². The van der Waals surface area contributed by atoms with Gasteiger partial charge in [0.05, 0.1) is 120 Å². The van der Waals surface area contributed by atoms with Crippen LogP contribution in [-0.4, -0.2) is 151 Å². The minimum absolute atomic E-state index is 0.0234. The number of anilines is 4. The van der Waals surface area contributed by atoms with Crippen LogP contribution in [0.15, 0.2) is 250 Å². The van der Waals surface area contributed by atoms with Crippen molar-refractivity contribution in [3.05, 3.63) is 297 Å². The molecule has 11 heterocycles. The van der Waals surface area contributed by atoms with Crippen LogP contribution in [0.5, 0.6) is 0 Å². The summed E-state index contributed by atoms with van der Waals surface area (Å²) in [6.07, 6.45) is 4.29. The van der Waals surface area contributed by atoms with Gasteiger partial charge in [-0.1, -0.05) is 178 Å². The highest BCUT2D eigenvalue weighted by molar-refractivity contribution is 7.95. The fraction of sp³-hybridized carbons (Fsp3) is 0.184. The van der Waals surface area contributed by atoms with Crippen molar-refractivity contribution in [2.45, 2.75) is 95.9 Å². The van der Waals surface area contributed by atoms with Crippen molar-refractivity contribution >= 4 is 224 Å². The largest absolute Gasteiger partial charge is 0.298 e. The number of hydrazone groups is 4. The number of carbonyl (C=O) groups excluding carboxylic acids is 8. The SMILES string of the molecule is Cc1ccc(C2=NN(c3ccc(CC(=O)CS(=O)(=O)c4ccc(Cl)s4)cc3)C(=O)C2)cc1.Cc1cccc(C2=NN(c3ccc(CC(=O)CS(=O)(=O)c4ccc(Cl)s4)nc3)C(=O)C2)c1.Cc1cccc(C2=NN(c3ccc(CC(=O)CS(=O)(=O)c4ccc(Cl)s4)nn3)C(=O)C2)c1.Cc1cccc(C2=NN(c3cnc(CC(=O)CS(=O)(=O)c4ccc(Cl)s4)cn3)C(=O)C2)c1. The normalized spacial score (nSPS) is 14.0. The number of thiophene rings is 4. The molecule has 4 aliphatic heterocycles. The number of ketones is 4. The average molecular weight is 1950 g/mol. The van der Waals surface area contributed by atoms with E-state index in [1.54, 1.807) is 36.4 Å². The lowest BCUT2D eigenvalue weighted by atomic mass is 10.1. The highest BCUT2D eigenvalue weighted by atomic mass is 35.5. The van der Waals surface area contributed by atoms with E-state index in [1.165, 1.54) is 99.3 Å². The molecule has 0 N–H and O–H groups in total. The maximum absolute atomic E-state index is 12.5. The van der Waals surface area contributed by atoms with Gasteiger partial charge in [0.1, 0.15) is 39.8 Å². The van der Waals surface area contributed by atoms with Crippen molar-refractivity contribution < 1.29 is 72.0 Å². The first kappa shape index (κ1) is 94.0. The first-order chi connectivity index (χ1) is 60.8. The summed E-state index contributed by atoms with van der Waals surface area (Å²) in [6, 6.07) is 55.6. The number of carbonyl (C=O) groups is 8. The van der Waals surface area contributed by atoms with Crippen molar-refractivity contribution in [3.63, 3.8) is 0 Å². The van der Waals surface area contributed by atoms with Crippen LogP contribution in [0.3, 0.4) is 0 Å². The summed E-state index contributed by atoms with van der Waals surface area (Å²) in [5.74, 6) is -4.76. The van der Waals surface area contributed by atoms with E-state index in [2.05, 4.69) is 45.6 Å². The third-order valence-electron chi connectivity index (χ3n) is 19.0. The van der Waals surface area contributed by atoms with Crippen molar-refractivity contribution in [3.8, 4) is 0 Å². The van der Waals surface area contributed by atoms with Gasteiger partial charge in [0.25, 0.3) is 23.6 Å². The molecule has 0 bridgehead atoms. The predicted octanol–water partition coefficient (Wildman–Crippen LogP) is 14.7. The number of pyridine rings is 1. The minimum atomic E-state index is -3.76. The number of nitrogens with zero attached hydrogens (tertiary/aromatic N) is 13.